The van der Waals surface area contributed by atoms with Gasteiger partial charge in [-0.3, -0.25) is 9.78 Å². The van der Waals surface area contributed by atoms with Crippen LogP contribution < -0.4 is 4.18 Å². The molecule has 0 amide bonds. The van der Waals surface area contributed by atoms with E-state index in [0.29, 0.717) is 5.56 Å². The van der Waals surface area contributed by atoms with E-state index >= 15 is 0 Å². The number of aromatic nitrogens is 1. The number of halogens is 3. The summed E-state index contributed by atoms with van der Waals surface area (Å²) in [7, 11) is -5.75. The van der Waals surface area contributed by atoms with E-state index in [4.69, 9.17) is 0 Å². The first-order chi connectivity index (χ1) is 15.6. The molecule has 0 bridgehead atoms. The summed E-state index contributed by atoms with van der Waals surface area (Å²) in [4.78, 5) is 16.9. The van der Waals surface area contributed by atoms with Crippen LogP contribution in [-0.2, 0) is 23.0 Å². The zero-order chi connectivity index (χ0) is 23.6. The fourth-order valence-corrected chi connectivity index (χ4v) is 4.55. The Morgan fingerprint density at radius 3 is 2.39 bits per heavy atom. The van der Waals surface area contributed by atoms with Crippen LogP contribution in [-0.4, -0.2) is 24.7 Å². The van der Waals surface area contributed by atoms with Crippen LogP contribution in [0, 0.1) is 5.92 Å². The second-order valence-corrected chi connectivity index (χ2v) is 9.46. The maximum Gasteiger partial charge on any atom is 0.534 e. The van der Waals surface area contributed by atoms with Gasteiger partial charge in [-0.1, -0.05) is 18.2 Å². The molecule has 1 atom stereocenters. The van der Waals surface area contributed by atoms with Gasteiger partial charge in [0.1, 0.15) is 5.75 Å². The summed E-state index contributed by atoms with van der Waals surface area (Å²) in [6, 6.07) is 14.8. The van der Waals surface area contributed by atoms with Crippen molar-refractivity contribution in [1.29, 1.82) is 0 Å². The van der Waals surface area contributed by atoms with Gasteiger partial charge < -0.3 is 4.18 Å². The zero-order valence-electron chi connectivity index (χ0n) is 17.4. The first kappa shape index (κ1) is 23.0. The van der Waals surface area contributed by atoms with Crippen LogP contribution in [0.25, 0.3) is 11.1 Å². The van der Waals surface area contributed by atoms with Gasteiger partial charge in [0.2, 0.25) is 0 Å². The van der Waals surface area contributed by atoms with E-state index in [1.807, 2.05) is 18.2 Å². The number of fused-ring (bicyclic) bond motifs is 1. The quantitative estimate of drug-likeness (QED) is 0.273. The summed E-state index contributed by atoms with van der Waals surface area (Å²) in [6.07, 6.45) is 6.21. The van der Waals surface area contributed by atoms with Crippen molar-refractivity contribution in [2.45, 2.75) is 31.2 Å². The molecule has 1 aliphatic carbocycles. The Morgan fingerprint density at radius 2 is 1.73 bits per heavy atom. The molecule has 0 N–H and O–H groups in total. The lowest BCUT2D eigenvalue weighted by Crippen LogP contribution is -2.28. The van der Waals surface area contributed by atoms with Crippen molar-refractivity contribution in [1.82, 2.24) is 4.98 Å². The Balaban J connectivity index is 1.46. The van der Waals surface area contributed by atoms with E-state index in [9.17, 15) is 26.4 Å². The van der Waals surface area contributed by atoms with Gasteiger partial charge in [-0.25, -0.2) is 0 Å². The molecular formula is C24H20F3NO4S. The number of nitrogens with zero attached hydrogens (tertiary/aromatic N) is 1. The summed E-state index contributed by atoms with van der Waals surface area (Å²) in [5.74, 6) is -0.540. The van der Waals surface area contributed by atoms with Crippen LogP contribution in [0.2, 0.25) is 0 Å². The van der Waals surface area contributed by atoms with Crippen LogP contribution in [0.1, 0.15) is 34.3 Å². The molecule has 33 heavy (non-hydrogen) atoms. The Morgan fingerprint density at radius 1 is 1.03 bits per heavy atom. The minimum atomic E-state index is -5.75. The highest BCUT2D eigenvalue weighted by Crippen LogP contribution is 2.35. The molecule has 0 saturated heterocycles. The highest BCUT2D eigenvalue weighted by atomic mass is 32.2. The third-order valence-corrected chi connectivity index (χ3v) is 6.70. The number of aryl methyl sites for hydroxylation is 1. The lowest BCUT2D eigenvalue weighted by Gasteiger charge is -2.26. The summed E-state index contributed by atoms with van der Waals surface area (Å²) in [5, 5.41) is 0. The van der Waals surface area contributed by atoms with E-state index in [1.54, 1.807) is 12.4 Å². The predicted octanol–water partition coefficient (Wildman–Crippen LogP) is 5.35. The van der Waals surface area contributed by atoms with Gasteiger partial charge in [0.25, 0.3) is 0 Å². The SMILES string of the molecule is O=C(C[C@@H]1CCc2cccc(-c3ccncc3)c2C1)c1ccc(OS(=O)(=O)C(F)(F)F)cc1. The third-order valence-electron chi connectivity index (χ3n) is 5.72. The fraction of sp³-hybridized carbons (Fsp3) is 0.250. The van der Waals surface area contributed by atoms with E-state index in [1.165, 1.54) is 23.3 Å². The van der Waals surface area contributed by atoms with Crippen molar-refractivity contribution < 1.29 is 30.6 Å². The summed E-state index contributed by atoms with van der Waals surface area (Å²) in [5.41, 5.74) is -0.555. The van der Waals surface area contributed by atoms with E-state index < -0.39 is 21.4 Å². The largest absolute Gasteiger partial charge is 0.534 e. The summed E-state index contributed by atoms with van der Waals surface area (Å²) in [6.45, 7) is 0. The van der Waals surface area contributed by atoms with Crippen molar-refractivity contribution in [3.05, 3.63) is 83.7 Å². The number of Topliss-reactive ketones (excluding diaryl/α,β-unsaturated/α-hetero) is 1. The topological polar surface area (TPSA) is 73.3 Å². The average Bonchev–Trinajstić information content (AvgIpc) is 2.78. The Hall–Kier alpha value is -3.20. The van der Waals surface area contributed by atoms with Crippen molar-refractivity contribution >= 4 is 15.9 Å². The molecule has 0 aliphatic heterocycles. The number of benzene rings is 2. The third kappa shape index (κ3) is 5.08. The molecule has 3 aromatic rings. The molecule has 9 heteroatoms. The van der Waals surface area contributed by atoms with Crippen LogP contribution in [0.4, 0.5) is 13.2 Å². The molecule has 2 aromatic carbocycles. The van der Waals surface area contributed by atoms with Crippen LogP contribution >= 0.6 is 0 Å². The van der Waals surface area contributed by atoms with Crippen LogP contribution in [0.15, 0.2) is 67.0 Å². The molecule has 0 spiro atoms. The molecule has 1 aromatic heterocycles. The van der Waals surface area contributed by atoms with E-state index in [0.717, 1.165) is 42.5 Å². The second-order valence-electron chi connectivity index (χ2n) is 7.92. The van der Waals surface area contributed by atoms with Gasteiger partial charge in [-0.15, -0.1) is 0 Å². The number of rotatable bonds is 6. The molecule has 0 saturated carbocycles. The molecule has 0 fully saturated rings. The number of alkyl halides is 3. The first-order valence-corrected chi connectivity index (χ1v) is 11.7. The van der Waals surface area contributed by atoms with Gasteiger partial charge in [-0.2, -0.15) is 21.6 Å². The van der Waals surface area contributed by atoms with Crippen LogP contribution in [0.5, 0.6) is 5.75 Å². The number of ketones is 1. The molecule has 1 aliphatic rings. The van der Waals surface area contributed by atoms with Crippen molar-refractivity contribution in [3.63, 3.8) is 0 Å². The second kappa shape index (κ2) is 8.97. The first-order valence-electron chi connectivity index (χ1n) is 10.3. The average molecular weight is 475 g/mol. The van der Waals surface area contributed by atoms with Gasteiger partial charge in [0.05, 0.1) is 0 Å². The summed E-state index contributed by atoms with van der Waals surface area (Å²) < 4.78 is 63.7. The summed E-state index contributed by atoms with van der Waals surface area (Å²) >= 11 is 0. The molecular weight excluding hydrogens is 455 g/mol. The number of hydrogen-bond donors (Lipinski definition) is 0. The zero-order valence-corrected chi connectivity index (χ0v) is 18.2. The van der Waals surface area contributed by atoms with Gasteiger partial charge in [-0.05, 0) is 83.8 Å². The number of pyridine rings is 1. The standard InChI is InChI=1S/C24H20F3NO4S/c25-24(26,27)33(30,31)32-20-8-6-19(7-9-20)23(29)15-16-4-5-17-2-1-3-21(22(17)14-16)18-10-12-28-13-11-18/h1-3,6-13,16H,4-5,14-15H2/t16-/m1/s1. The lowest BCUT2D eigenvalue weighted by atomic mass is 9.78. The smallest absolute Gasteiger partial charge is 0.376 e. The molecule has 0 unspecified atom stereocenters. The van der Waals surface area contributed by atoms with Gasteiger partial charge in [0, 0.05) is 24.4 Å². The van der Waals surface area contributed by atoms with Crippen molar-refractivity contribution in [2.75, 3.05) is 0 Å². The molecule has 172 valence electrons. The van der Waals surface area contributed by atoms with Gasteiger partial charge >= 0.3 is 15.6 Å². The predicted molar refractivity (Wildman–Crippen MR) is 116 cm³/mol. The molecule has 4 rings (SSSR count). The maximum absolute atomic E-state index is 12.8. The number of carbonyl (C=O) groups is 1. The maximum atomic E-state index is 12.8. The number of carbonyl (C=O) groups excluding carboxylic acids is 1. The highest BCUT2D eigenvalue weighted by molar-refractivity contribution is 7.88. The molecule has 5 nitrogen and oxygen atoms in total. The molecule has 0 radical (unpaired) electrons. The van der Waals surface area contributed by atoms with Crippen molar-refractivity contribution in [3.8, 4) is 16.9 Å². The van der Waals surface area contributed by atoms with E-state index in [2.05, 4.69) is 21.3 Å². The van der Waals surface area contributed by atoms with Crippen molar-refractivity contribution in [2.24, 2.45) is 5.92 Å². The normalized spacial score (nSPS) is 16.2. The lowest BCUT2D eigenvalue weighted by molar-refractivity contribution is -0.0500. The minimum Gasteiger partial charge on any atom is -0.376 e. The fourth-order valence-electron chi connectivity index (χ4n) is 4.09. The van der Waals surface area contributed by atoms with Crippen LogP contribution in [0.3, 0.4) is 0 Å². The number of hydrogen-bond acceptors (Lipinski definition) is 5. The Kier molecular flexibility index (Phi) is 6.25. The molecule has 1 heterocycles. The Bertz CT molecular complexity index is 1260. The minimum absolute atomic E-state index is 0.120. The Labute approximate surface area is 189 Å². The highest BCUT2D eigenvalue weighted by Gasteiger charge is 2.48. The van der Waals surface area contributed by atoms with E-state index in [-0.39, 0.29) is 18.1 Å². The monoisotopic (exact) mass is 475 g/mol. The van der Waals surface area contributed by atoms with Gasteiger partial charge in [0.15, 0.2) is 5.78 Å².